The summed E-state index contributed by atoms with van der Waals surface area (Å²) in [6.45, 7) is 7.15. The van der Waals surface area contributed by atoms with Crippen LogP contribution in [0.4, 0.5) is 5.82 Å². The molecule has 0 atom stereocenters. The number of carbonyl (C=O) groups is 1. The van der Waals surface area contributed by atoms with Gasteiger partial charge in [-0.05, 0) is 13.3 Å². The number of methoxy groups -OCH3 is 1. The lowest BCUT2D eigenvalue weighted by Crippen LogP contribution is -2.37. The molecule has 2 rings (SSSR count). The van der Waals surface area contributed by atoms with Crippen LogP contribution in [-0.2, 0) is 16.0 Å². The van der Waals surface area contributed by atoms with E-state index in [0.717, 1.165) is 51.6 Å². The number of nitrogens with two attached hydrogens (primary N) is 1. The van der Waals surface area contributed by atoms with Crippen molar-refractivity contribution in [2.24, 2.45) is 0 Å². The largest absolute Gasteiger partial charge is 0.464 e. The van der Waals surface area contributed by atoms with Gasteiger partial charge in [0.1, 0.15) is 11.6 Å². The van der Waals surface area contributed by atoms with Gasteiger partial charge in [0.05, 0.1) is 20.3 Å². The van der Waals surface area contributed by atoms with E-state index >= 15 is 0 Å². The Bertz CT molecular complexity index is 466. The normalized spacial score (nSPS) is 16.3. The lowest BCUT2D eigenvalue weighted by Gasteiger charge is -2.26. The monoisotopic (exact) mass is 282 g/mol. The number of hydrogen-bond acceptors (Lipinski definition) is 6. The molecule has 0 aromatic carbocycles. The maximum atomic E-state index is 11.5. The molecule has 0 amide bonds. The number of anilines is 1. The van der Waals surface area contributed by atoms with Crippen LogP contribution >= 0.6 is 0 Å². The third kappa shape index (κ3) is 3.29. The molecular weight excluding hydrogens is 260 g/mol. The van der Waals surface area contributed by atoms with Crippen LogP contribution in [-0.4, -0.2) is 60.4 Å². The molecule has 1 saturated heterocycles. The van der Waals surface area contributed by atoms with E-state index in [-0.39, 0.29) is 5.69 Å². The molecule has 2 N–H and O–H groups in total. The summed E-state index contributed by atoms with van der Waals surface area (Å²) in [5, 5.41) is 0. The smallest absolute Gasteiger partial charge is 0.360 e. The highest BCUT2D eigenvalue weighted by Crippen LogP contribution is 2.15. The van der Waals surface area contributed by atoms with Crippen LogP contribution in [0.3, 0.4) is 0 Å². The van der Waals surface area contributed by atoms with Crippen molar-refractivity contribution in [1.29, 1.82) is 0 Å². The first kappa shape index (κ1) is 14.8. The Hall–Kier alpha value is -1.60. The van der Waals surface area contributed by atoms with Gasteiger partial charge in [-0.25, -0.2) is 9.78 Å². The van der Waals surface area contributed by atoms with Crippen molar-refractivity contribution in [2.45, 2.75) is 19.9 Å². The SMILES string of the molecule is COC(=O)c1nc(C)n(CCCN2CCOCC2)c1N. The molecule has 0 spiro atoms. The van der Waals surface area contributed by atoms with Gasteiger partial charge in [0, 0.05) is 26.2 Å². The van der Waals surface area contributed by atoms with Gasteiger partial charge >= 0.3 is 5.97 Å². The van der Waals surface area contributed by atoms with E-state index < -0.39 is 5.97 Å². The van der Waals surface area contributed by atoms with Crippen molar-refractivity contribution >= 4 is 11.8 Å². The molecule has 112 valence electrons. The van der Waals surface area contributed by atoms with Gasteiger partial charge in [-0.3, -0.25) is 4.90 Å². The summed E-state index contributed by atoms with van der Waals surface area (Å²) in [5.41, 5.74) is 6.17. The first-order valence-corrected chi connectivity index (χ1v) is 6.84. The number of hydrogen-bond donors (Lipinski definition) is 1. The number of rotatable bonds is 5. The van der Waals surface area contributed by atoms with Gasteiger partial charge in [-0.2, -0.15) is 0 Å². The molecule has 0 unspecified atom stereocenters. The Kier molecular flexibility index (Phi) is 4.97. The van der Waals surface area contributed by atoms with Crippen molar-refractivity contribution < 1.29 is 14.3 Å². The summed E-state index contributed by atoms with van der Waals surface area (Å²) in [7, 11) is 1.33. The number of morpholine rings is 1. The van der Waals surface area contributed by atoms with Gasteiger partial charge in [0.2, 0.25) is 0 Å². The Morgan fingerprint density at radius 1 is 1.40 bits per heavy atom. The van der Waals surface area contributed by atoms with Crippen molar-refractivity contribution in [3.63, 3.8) is 0 Å². The topological polar surface area (TPSA) is 82.6 Å². The minimum atomic E-state index is -0.488. The highest BCUT2D eigenvalue weighted by molar-refractivity contribution is 5.92. The van der Waals surface area contributed by atoms with Gasteiger partial charge in [0.25, 0.3) is 0 Å². The summed E-state index contributed by atoms with van der Waals surface area (Å²) in [6, 6.07) is 0. The van der Waals surface area contributed by atoms with E-state index in [4.69, 9.17) is 10.5 Å². The van der Waals surface area contributed by atoms with Crippen LogP contribution < -0.4 is 5.73 Å². The number of aryl methyl sites for hydroxylation is 1. The lowest BCUT2D eigenvalue weighted by atomic mass is 10.3. The fourth-order valence-electron chi connectivity index (χ4n) is 2.39. The van der Waals surface area contributed by atoms with Gasteiger partial charge in [-0.15, -0.1) is 0 Å². The molecule has 2 heterocycles. The van der Waals surface area contributed by atoms with Crippen LogP contribution in [0.5, 0.6) is 0 Å². The second-order valence-corrected chi connectivity index (χ2v) is 4.84. The molecule has 1 aliphatic rings. The highest BCUT2D eigenvalue weighted by atomic mass is 16.5. The van der Waals surface area contributed by atoms with E-state index in [1.165, 1.54) is 7.11 Å². The second-order valence-electron chi connectivity index (χ2n) is 4.84. The molecule has 1 aliphatic heterocycles. The Morgan fingerprint density at radius 3 is 2.75 bits per heavy atom. The predicted octanol–water partition coefficient (Wildman–Crippen LogP) is 0.283. The summed E-state index contributed by atoms with van der Waals surface area (Å²) < 4.78 is 11.9. The average Bonchev–Trinajstić information content (AvgIpc) is 2.75. The van der Waals surface area contributed by atoms with E-state index in [1.54, 1.807) is 0 Å². The van der Waals surface area contributed by atoms with Gasteiger partial charge < -0.3 is 19.8 Å². The summed E-state index contributed by atoms with van der Waals surface area (Å²) in [5.74, 6) is 0.638. The second kappa shape index (κ2) is 6.71. The first-order valence-electron chi connectivity index (χ1n) is 6.84. The Labute approximate surface area is 118 Å². The predicted molar refractivity (Wildman–Crippen MR) is 74.6 cm³/mol. The Balaban J connectivity index is 1.92. The van der Waals surface area contributed by atoms with Crippen LogP contribution in [0, 0.1) is 6.92 Å². The Morgan fingerprint density at radius 2 is 2.10 bits per heavy atom. The zero-order valence-electron chi connectivity index (χ0n) is 12.1. The summed E-state index contributed by atoms with van der Waals surface area (Å²) in [4.78, 5) is 18.1. The van der Waals surface area contributed by atoms with Crippen molar-refractivity contribution in [1.82, 2.24) is 14.5 Å². The van der Waals surface area contributed by atoms with Crippen LogP contribution in [0.2, 0.25) is 0 Å². The van der Waals surface area contributed by atoms with E-state index in [9.17, 15) is 4.79 Å². The minimum Gasteiger partial charge on any atom is -0.464 e. The van der Waals surface area contributed by atoms with Gasteiger partial charge in [-0.1, -0.05) is 0 Å². The molecule has 7 nitrogen and oxygen atoms in total. The minimum absolute atomic E-state index is 0.205. The molecule has 0 saturated carbocycles. The zero-order valence-corrected chi connectivity index (χ0v) is 12.1. The maximum Gasteiger partial charge on any atom is 0.360 e. The molecule has 1 fully saturated rings. The van der Waals surface area contributed by atoms with Crippen molar-refractivity contribution in [2.75, 3.05) is 45.7 Å². The zero-order chi connectivity index (χ0) is 14.5. The first-order chi connectivity index (χ1) is 9.63. The number of imidazole rings is 1. The molecule has 20 heavy (non-hydrogen) atoms. The van der Waals surface area contributed by atoms with Gasteiger partial charge in [0.15, 0.2) is 5.69 Å². The number of nitrogen functional groups attached to an aromatic ring is 1. The standard InChI is InChI=1S/C13H22N4O3/c1-10-15-11(13(18)19-2)12(14)17(10)5-3-4-16-6-8-20-9-7-16/h3-9,14H2,1-2H3. The third-order valence-corrected chi connectivity index (χ3v) is 3.54. The van der Waals surface area contributed by atoms with Crippen LogP contribution in [0.15, 0.2) is 0 Å². The average molecular weight is 282 g/mol. The molecule has 0 bridgehead atoms. The molecule has 0 radical (unpaired) electrons. The van der Waals surface area contributed by atoms with E-state index in [0.29, 0.717) is 5.82 Å². The summed E-state index contributed by atoms with van der Waals surface area (Å²) in [6.07, 6.45) is 0.960. The molecule has 1 aromatic rings. The van der Waals surface area contributed by atoms with Crippen molar-refractivity contribution in [3.8, 4) is 0 Å². The number of aromatic nitrogens is 2. The molecule has 1 aromatic heterocycles. The van der Waals surface area contributed by atoms with Crippen LogP contribution in [0.25, 0.3) is 0 Å². The van der Waals surface area contributed by atoms with E-state index in [1.807, 2.05) is 11.5 Å². The van der Waals surface area contributed by atoms with Crippen molar-refractivity contribution in [3.05, 3.63) is 11.5 Å². The van der Waals surface area contributed by atoms with Crippen LogP contribution in [0.1, 0.15) is 22.7 Å². The third-order valence-electron chi connectivity index (χ3n) is 3.54. The summed E-state index contributed by atoms with van der Waals surface area (Å²) >= 11 is 0. The maximum absolute atomic E-state index is 11.5. The highest BCUT2D eigenvalue weighted by Gasteiger charge is 2.19. The molecule has 7 heteroatoms. The fourth-order valence-corrected chi connectivity index (χ4v) is 2.39. The fraction of sp³-hybridized carbons (Fsp3) is 0.692. The number of esters is 1. The lowest BCUT2D eigenvalue weighted by molar-refractivity contribution is 0.0369. The quantitative estimate of drug-likeness (QED) is 0.781. The number of carbonyl (C=O) groups excluding carboxylic acids is 1. The molecule has 0 aliphatic carbocycles. The van der Waals surface area contributed by atoms with E-state index in [2.05, 4.69) is 14.6 Å². The molecular formula is C13H22N4O3. The number of ether oxygens (including phenoxy) is 2. The number of nitrogens with zero attached hydrogens (tertiary/aromatic N) is 3.